The van der Waals surface area contributed by atoms with Gasteiger partial charge in [0, 0.05) is 24.6 Å². The maximum atomic E-state index is 6.16. The highest BCUT2D eigenvalue weighted by atomic mass is 79.9. The zero-order chi connectivity index (χ0) is 14.7. The van der Waals surface area contributed by atoms with E-state index in [-0.39, 0.29) is 11.3 Å². The molecule has 0 amide bonds. The van der Waals surface area contributed by atoms with E-state index in [1.165, 1.54) is 5.56 Å². The number of nitrogens with two attached hydrogens (primary N) is 1. The van der Waals surface area contributed by atoms with E-state index in [1.807, 2.05) is 44.1 Å². The number of hydrogen-bond acceptors (Lipinski definition) is 6. The van der Waals surface area contributed by atoms with Gasteiger partial charge in [0.1, 0.15) is 0 Å². The fourth-order valence-corrected chi connectivity index (χ4v) is 4.46. The van der Waals surface area contributed by atoms with E-state index < -0.39 is 0 Å². The maximum absolute atomic E-state index is 6.16. The van der Waals surface area contributed by atoms with Gasteiger partial charge in [-0.2, -0.15) is 0 Å². The van der Waals surface area contributed by atoms with Gasteiger partial charge in [-0.3, -0.25) is 0 Å². The van der Waals surface area contributed by atoms with Crippen molar-refractivity contribution in [1.82, 2.24) is 10.2 Å². The van der Waals surface area contributed by atoms with E-state index in [0.717, 1.165) is 13.9 Å². The van der Waals surface area contributed by atoms with Crippen molar-refractivity contribution < 1.29 is 0 Å². The second-order valence-electron chi connectivity index (χ2n) is 4.66. The average molecular weight is 373 g/mol. The first-order chi connectivity index (χ1) is 9.49. The van der Waals surface area contributed by atoms with Crippen LogP contribution < -0.4 is 10.6 Å². The van der Waals surface area contributed by atoms with Crippen molar-refractivity contribution in [3.05, 3.63) is 34.3 Å². The van der Waals surface area contributed by atoms with Gasteiger partial charge in [-0.15, -0.1) is 10.2 Å². The lowest BCUT2D eigenvalue weighted by Crippen LogP contribution is -2.22. The van der Waals surface area contributed by atoms with Crippen LogP contribution in [-0.4, -0.2) is 30.3 Å². The molecule has 0 saturated carbocycles. The largest absolute Gasteiger partial charge is 0.353 e. The van der Waals surface area contributed by atoms with Crippen LogP contribution in [0.15, 0.2) is 33.1 Å². The highest BCUT2D eigenvalue weighted by Gasteiger charge is 2.22. The van der Waals surface area contributed by atoms with Crippen molar-refractivity contribution in [2.45, 2.75) is 22.6 Å². The van der Waals surface area contributed by atoms with Crippen LogP contribution in [0.4, 0.5) is 5.13 Å². The minimum atomic E-state index is 0.0189. The van der Waals surface area contributed by atoms with Crippen LogP contribution in [0.3, 0.4) is 0 Å². The summed E-state index contributed by atoms with van der Waals surface area (Å²) in [4.78, 5) is 1.96. The SMILES string of the molecule is CC(N)C(Sc1nnc(N(C)C)s1)c1ccccc1Br. The second-order valence-corrected chi connectivity index (χ2v) is 7.86. The molecule has 2 atom stereocenters. The second kappa shape index (κ2) is 6.89. The van der Waals surface area contributed by atoms with E-state index >= 15 is 0 Å². The van der Waals surface area contributed by atoms with Crippen LogP contribution in [-0.2, 0) is 0 Å². The first-order valence-electron chi connectivity index (χ1n) is 6.16. The fraction of sp³-hybridized carbons (Fsp3) is 0.385. The highest BCUT2D eigenvalue weighted by molar-refractivity contribution is 9.10. The lowest BCUT2D eigenvalue weighted by atomic mass is 10.1. The van der Waals surface area contributed by atoms with Crippen LogP contribution >= 0.6 is 39.0 Å². The third kappa shape index (κ3) is 3.72. The lowest BCUT2D eigenvalue weighted by molar-refractivity contribution is 0.718. The van der Waals surface area contributed by atoms with Gasteiger partial charge in [-0.05, 0) is 18.6 Å². The molecule has 0 saturated heterocycles. The quantitative estimate of drug-likeness (QED) is 0.813. The summed E-state index contributed by atoms with van der Waals surface area (Å²) < 4.78 is 2.01. The van der Waals surface area contributed by atoms with Gasteiger partial charge < -0.3 is 10.6 Å². The predicted molar refractivity (Wildman–Crippen MR) is 90.6 cm³/mol. The Kier molecular flexibility index (Phi) is 5.42. The summed E-state index contributed by atoms with van der Waals surface area (Å²) in [5.74, 6) is 0. The molecule has 0 fully saturated rings. The summed E-state index contributed by atoms with van der Waals surface area (Å²) in [6.07, 6.45) is 0. The molecule has 7 heteroatoms. The minimum absolute atomic E-state index is 0.0189. The fourth-order valence-electron chi connectivity index (χ4n) is 1.70. The van der Waals surface area contributed by atoms with Crippen molar-refractivity contribution in [2.24, 2.45) is 5.73 Å². The van der Waals surface area contributed by atoms with Crippen LogP contribution in [0.25, 0.3) is 0 Å². The standard InChI is InChI=1S/C13H17BrN4S2/c1-8(15)11(9-6-4-5-7-10(9)14)19-13-17-16-12(20-13)18(2)3/h4-8,11H,15H2,1-3H3. The molecule has 2 aromatic rings. The molecule has 0 aliphatic heterocycles. The van der Waals surface area contributed by atoms with E-state index in [2.05, 4.69) is 32.2 Å². The Balaban J connectivity index is 2.24. The average Bonchev–Trinajstić information content (AvgIpc) is 2.85. The van der Waals surface area contributed by atoms with Gasteiger partial charge in [-0.25, -0.2) is 0 Å². The maximum Gasteiger partial charge on any atom is 0.208 e. The summed E-state index contributed by atoms with van der Waals surface area (Å²) >= 11 is 6.85. The number of thioether (sulfide) groups is 1. The van der Waals surface area contributed by atoms with Gasteiger partial charge in [-0.1, -0.05) is 57.2 Å². The normalized spacial score (nSPS) is 14.1. The number of aromatic nitrogens is 2. The van der Waals surface area contributed by atoms with E-state index in [4.69, 9.17) is 5.73 Å². The molecule has 1 heterocycles. The topological polar surface area (TPSA) is 55.0 Å². The number of benzene rings is 1. The van der Waals surface area contributed by atoms with Crippen molar-refractivity contribution in [2.75, 3.05) is 19.0 Å². The molecule has 2 unspecified atom stereocenters. The third-order valence-corrected chi connectivity index (χ3v) is 6.06. The van der Waals surface area contributed by atoms with Crippen molar-refractivity contribution in [1.29, 1.82) is 0 Å². The summed E-state index contributed by atoms with van der Waals surface area (Å²) in [7, 11) is 3.93. The Morgan fingerprint density at radius 2 is 2.00 bits per heavy atom. The number of nitrogens with zero attached hydrogens (tertiary/aromatic N) is 3. The molecule has 4 nitrogen and oxygen atoms in total. The molecule has 20 heavy (non-hydrogen) atoms. The smallest absolute Gasteiger partial charge is 0.208 e. The van der Waals surface area contributed by atoms with Gasteiger partial charge >= 0.3 is 0 Å². The molecule has 0 aliphatic rings. The molecule has 0 radical (unpaired) electrons. The summed E-state index contributed by atoms with van der Waals surface area (Å²) in [5.41, 5.74) is 7.35. The van der Waals surface area contributed by atoms with Crippen LogP contribution in [0.1, 0.15) is 17.7 Å². The molecular weight excluding hydrogens is 356 g/mol. The monoisotopic (exact) mass is 372 g/mol. The lowest BCUT2D eigenvalue weighted by Gasteiger charge is -2.20. The zero-order valence-electron chi connectivity index (χ0n) is 11.6. The van der Waals surface area contributed by atoms with E-state index in [1.54, 1.807) is 23.1 Å². The van der Waals surface area contributed by atoms with Gasteiger partial charge in [0.2, 0.25) is 5.13 Å². The Hall–Kier alpha value is -0.630. The van der Waals surface area contributed by atoms with Gasteiger partial charge in [0.05, 0.1) is 5.25 Å². The summed E-state index contributed by atoms with van der Waals surface area (Å²) in [5, 5.41) is 9.45. The van der Waals surface area contributed by atoms with Crippen molar-refractivity contribution in [3.63, 3.8) is 0 Å². The van der Waals surface area contributed by atoms with E-state index in [0.29, 0.717) is 0 Å². The first kappa shape index (κ1) is 15.8. The Morgan fingerprint density at radius 1 is 1.30 bits per heavy atom. The zero-order valence-corrected chi connectivity index (χ0v) is 14.8. The van der Waals surface area contributed by atoms with Crippen LogP contribution in [0.5, 0.6) is 0 Å². The Bertz CT molecular complexity index is 571. The number of rotatable bonds is 5. The summed E-state index contributed by atoms with van der Waals surface area (Å²) in [6, 6.07) is 8.19. The third-order valence-electron chi connectivity index (χ3n) is 2.70. The van der Waals surface area contributed by atoms with Crippen molar-refractivity contribution in [3.8, 4) is 0 Å². The van der Waals surface area contributed by atoms with E-state index in [9.17, 15) is 0 Å². The summed E-state index contributed by atoms with van der Waals surface area (Å²) in [6.45, 7) is 2.02. The Morgan fingerprint density at radius 3 is 2.55 bits per heavy atom. The van der Waals surface area contributed by atoms with Crippen LogP contribution in [0, 0.1) is 0 Å². The van der Waals surface area contributed by atoms with Crippen molar-refractivity contribution >= 4 is 44.2 Å². The molecule has 1 aromatic heterocycles. The first-order valence-corrected chi connectivity index (χ1v) is 8.65. The molecule has 1 aromatic carbocycles. The van der Waals surface area contributed by atoms with Crippen LogP contribution in [0.2, 0.25) is 0 Å². The predicted octanol–water partition coefficient (Wildman–Crippen LogP) is 3.55. The molecule has 2 rings (SSSR count). The molecule has 2 N–H and O–H groups in total. The highest BCUT2D eigenvalue weighted by Crippen LogP contribution is 2.41. The van der Waals surface area contributed by atoms with Gasteiger partial charge in [0.15, 0.2) is 4.34 Å². The molecule has 0 spiro atoms. The number of anilines is 1. The molecule has 0 bridgehead atoms. The van der Waals surface area contributed by atoms with Gasteiger partial charge in [0.25, 0.3) is 0 Å². The minimum Gasteiger partial charge on any atom is -0.353 e. The molecular formula is C13H17BrN4S2. The molecule has 108 valence electrons. The Labute approximate surface area is 135 Å². The number of hydrogen-bond donors (Lipinski definition) is 1. The number of halogens is 1. The molecule has 0 aliphatic carbocycles.